The van der Waals surface area contributed by atoms with Crippen LogP contribution in [0.2, 0.25) is 0 Å². The van der Waals surface area contributed by atoms with Gasteiger partial charge in [0.25, 0.3) is 0 Å². The molecule has 0 radical (unpaired) electrons. The first-order valence-electron chi connectivity index (χ1n) is 8.68. The summed E-state index contributed by atoms with van der Waals surface area (Å²) in [5, 5.41) is 2.90. The smallest absolute Gasteiger partial charge is 0.226 e. The van der Waals surface area contributed by atoms with Crippen molar-refractivity contribution >= 4 is 11.8 Å². The highest BCUT2D eigenvalue weighted by Gasteiger charge is 2.49. The van der Waals surface area contributed by atoms with Gasteiger partial charge >= 0.3 is 0 Å². The molecule has 1 aromatic carbocycles. The number of pyridine rings is 1. The van der Waals surface area contributed by atoms with Crippen molar-refractivity contribution in [3.63, 3.8) is 0 Å². The van der Waals surface area contributed by atoms with E-state index in [0.29, 0.717) is 26.1 Å². The summed E-state index contributed by atoms with van der Waals surface area (Å²) in [6.45, 7) is 3.66. The van der Waals surface area contributed by atoms with Crippen molar-refractivity contribution < 1.29 is 9.59 Å². The number of aromatic nitrogens is 1. The molecule has 1 aromatic heterocycles. The van der Waals surface area contributed by atoms with E-state index in [1.807, 2.05) is 54.3 Å². The summed E-state index contributed by atoms with van der Waals surface area (Å²) in [5.74, 6) is -0.350. The van der Waals surface area contributed by atoms with Gasteiger partial charge in [-0.2, -0.15) is 0 Å². The van der Waals surface area contributed by atoms with Crippen molar-refractivity contribution in [2.75, 3.05) is 6.54 Å². The average Bonchev–Trinajstić information content (AvgIpc) is 3.46. The predicted octanol–water partition coefficient (Wildman–Crippen LogP) is 2.38. The van der Waals surface area contributed by atoms with Crippen LogP contribution in [0.5, 0.6) is 0 Å². The lowest BCUT2D eigenvalue weighted by molar-refractivity contribution is -0.135. The minimum Gasteiger partial charge on any atom is -0.352 e. The normalized spacial score (nSPS) is 18.4. The average molecular weight is 337 g/mol. The maximum Gasteiger partial charge on any atom is 0.226 e. The van der Waals surface area contributed by atoms with Gasteiger partial charge in [-0.25, -0.2) is 0 Å². The number of amides is 2. The Morgan fingerprint density at radius 1 is 1.12 bits per heavy atom. The lowest BCUT2D eigenvalue weighted by atomic mass is 10.2. The van der Waals surface area contributed by atoms with Gasteiger partial charge < -0.3 is 10.2 Å². The summed E-state index contributed by atoms with van der Waals surface area (Å²) in [6, 6.07) is 13.7. The molecule has 5 heteroatoms. The topological polar surface area (TPSA) is 62.3 Å². The molecule has 1 saturated carbocycles. The second-order valence-electron chi connectivity index (χ2n) is 6.37. The first kappa shape index (κ1) is 17.1. The zero-order valence-electron chi connectivity index (χ0n) is 14.4. The number of benzene rings is 1. The molecule has 0 spiro atoms. The van der Waals surface area contributed by atoms with Crippen LogP contribution in [0.1, 0.15) is 24.5 Å². The molecule has 3 rings (SSSR count). The summed E-state index contributed by atoms with van der Waals surface area (Å²) >= 11 is 0. The van der Waals surface area contributed by atoms with Gasteiger partial charge in [-0.05, 0) is 30.5 Å². The highest BCUT2D eigenvalue weighted by Crippen LogP contribution is 2.40. The molecule has 1 fully saturated rings. The molecule has 1 aliphatic carbocycles. The van der Waals surface area contributed by atoms with E-state index in [4.69, 9.17) is 0 Å². The minimum absolute atomic E-state index is 0.0435. The molecule has 130 valence electrons. The van der Waals surface area contributed by atoms with E-state index in [1.54, 1.807) is 12.4 Å². The number of hydrogen-bond donors (Lipinski definition) is 1. The van der Waals surface area contributed by atoms with E-state index in [0.717, 1.165) is 11.1 Å². The fraction of sp³-hybridized carbons (Fsp3) is 0.350. The van der Waals surface area contributed by atoms with Gasteiger partial charge in [0.05, 0.1) is 11.8 Å². The first-order chi connectivity index (χ1) is 12.2. The molecule has 5 nitrogen and oxygen atoms in total. The van der Waals surface area contributed by atoms with Crippen molar-refractivity contribution in [2.45, 2.75) is 26.4 Å². The van der Waals surface area contributed by atoms with Gasteiger partial charge in [0.15, 0.2) is 0 Å². The van der Waals surface area contributed by atoms with Crippen LogP contribution in [0.3, 0.4) is 0 Å². The molecule has 1 aliphatic rings. The Kier molecular flexibility index (Phi) is 5.43. The van der Waals surface area contributed by atoms with Crippen LogP contribution in [0.4, 0.5) is 0 Å². The molecule has 2 amide bonds. The molecule has 0 saturated heterocycles. The summed E-state index contributed by atoms with van der Waals surface area (Å²) < 4.78 is 0. The Morgan fingerprint density at radius 3 is 2.56 bits per heavy atom. The van der Waals surface area contributed by atoms with Crippen molar-refractivity contribution in [3.8, 4) is 0 Å². The van der Waals surface area contributed by atoms with Crippen LogP contribution < -0.4 is 5.32 Å². The predicted molar refractivity (Wildman–Crippen MR) is 95.2 cm³/mol. The molecule has 2 unspecified atom stereocenters. The number of nitrogens with zero attached hydrogens (tertiary/aromatic N) is 2. The first-order valence-corrected chi connectivity index (χ1v) is 8.68. The zero-order valence-corrected chi connectivity index (χ0v) is 14.4. The maximum atomic E-state index is 12.7. The van der Waals surface area contributed by atoms with Gasteiger partial charge in [0, 0.05) is 32.0 Å². The van der Waals surface area contributed by atoms with Gasteiger partial charge in [0.1, 0.15) is 0 Å². The van der Waals surface area contributed by atoms with E-state index in [9.17, 15) is 9.59 Å². The van der Waals surface area contributed by atoms with E-state index in [2.05, 4.69) is 10.3 Å². The van der Waals surface area contributed by atoms with Crippen LogP contribution in [-0.4, -0.2) is 28.2 Å². The summed E-state index contributed by atoms with van der Waals surface area (Å²) in [7, 11) is 0. The summed E-state index contributed by atoms with van der Waals surface area (Å²) in [4.78, 5) is 30.8. The number of nitrogens with one attached hydrogen (secondary N) is 1. The third-order valence-corrected chi connectivity index (χ3v) is 4.54. The van der Waals surface area contributed by atoms with E-state index in [1.165, 1.54) is 0 Å². The molecular formula is C20H23N3O2. The van der Waals surface area contributed by atoms with Crippen molar-refractivity contribution in [1.82, 2.24) is 15.2 Å². The molecule has 0 aliphatic heterocycles. The molecule has 2 aromatic rings. The number of carbonyl (C=O) groups excluding carboxylic acids is 2. The van der Waals surface area contributed by atoms with Crippen molar-refractivity contribution in [1.29, 1.82) is 0 Å². The quantitative estimate of drug-likeness (QED) is 0.844. The number of carbonyl (C=O) groups is 2. The van der Waals surface area contributed by atoms with Gasteiger partial charge in [-0.15, -0.1) is 0 Å². The van der Waals surface area contributed by atoms with Crippen LogP contribution >= 0.6 is 0 Å². The van der Waals surface area contributed by atoms with Crippen molar-refractivity contribution in [2.24, 2.45) is 11.8 Å². The highest BCUT2D eigenvalue weighted by atomic mass is 16.2. The second-order valence-corrected chi connectivity index (χ2v) is 6.37. The molecule has 2 atom stereocenters. The van der Waals surface area contributed by atoms with Crippen LogP contribution in [0.25, 0.3) is 0 Å². The lowest BCUT2D eigenvalue weighted by Gasteiger charge is -2.21. The molecule has 1 N–H and O–H groups in total. The third-order valence-electron chi connectivity index (χ3n) is 4.54. The van der Waals surface area contributed by atoms with E-state index >= 15 is 0 Å². The Labute approximate surface area is 148 Å². The summed E-state index contributed by atoms with van der Waals surface area (Å²) in [6.07, 6.45) is 4.07. The Hall–Kier alpha value is -2.69. The van der Waals surface area contributed by atoms with Gasteiger partial charge in [0.2, 0.25) is 11.8 Å². The standard InChI is InChI=1S/C20H23N3O2/c1-2-23(14-15-7-4-3-5-8-15)20(25)18-11-17(18)19(24)22-13-16-9-6-10-21-12-16/h3-10,12,17-18H,2,11,13-14H2,1H3,(H,22,24). The fourth-order valence-corrected chi connectivity index (χ4v) is 2.96. The minimum atomic E-state index is -0.200. The number of rotatable bonds is 7. The van der Waals surface area contributed by atoms with Crippen molar-refractivity contribution in [3.05, 3.63) is 66.0 Å². The lowest BCUT2D eigenvalue weighted by Crippen LogP contribution is -2.33. The fourth-order valence-electron chi connectivity index (χ4n) is 2.96. The van der Waals surface area contributed by atoms with Crippen LogP contribution in [0, 0.1) is 11.8 Å². The number of hydrogen-bond acceptors (Lipinski definition) is 3. The van der Waals surface area contributed by atoms with E-state index < -0.39 is 0 Å². The zero-order chi connectivity index (χ0) is 17.6. The van der Waals surface area contributed by atoms with E-state index in [-0.39, 0.29) is 23.7 Å². The third kappa shape index (κ3) is 4.44. The van der Waals surface area contributed by atoms with Gasteiger partial charge in [-0.3, -0.25) is 14.6 Å². The monoisotopic (exact) mass is 337 g/mol. The largest absolute Gasteiger partial charge is 0.352 e. The van der Waals surface area contributed by atoms with Crippen LogP contribution in [0.15, 0.2) is 54.9 Å². The second kappa shape index (κ2) is 7.92. The Morgan fingerprint density at radius 2 is 1.88 bits per heavy atom. The molecular weight excluding hydrogens is 314 g/mol. The van der Waals surface area contributed by atoms with Crippen LogP contribution in [-0.2, 0) is 22.7 Å². The maximum absolute atomic E-state index is 12.7. The summed E-state index contributed by atoms with van der Waals surface area (Å²) in [5.41, 5.74) is 2.06. The highest BCUT2D eigenvalue weighted by molar-refractivity contribution is 5.92. The SMILES string of the molecule is CCN(Cc1ccccc1)C(=O)C1CC1C(=O)NCc1cccnc1. The molecule has 25 heavy (non-hydrogen) atoms. The van der Waals surface area contributed by atoms with Gasteiger partial charge in [-0.1, -0.05) is 36.4 Å². The Bertz CT molecular complexity index is 718. The molecule has 0 bridgehead atoms. The Balaban J connectivity index is 1.51. The molecule has 1 heterocycles.